The van der Waals surface area contributed by atoms with Crippen molar-refractivity contribution in [2.75, 3.05) is 11.9 Å². The maximum atomic E-state index is 14.5. The third kappa shape index (κ3) is 4.06. The Labute approximate surface area is 192 Å². The number of aryl methyl sites for hydroxylation is 1. The molecule has 176 valence electrons. The summed E-state index contributed by atoms with van der Waals surface area (Å²) in [5.41, 5.74) is 0.191. The number of rotatable bonds is 4. The summed E-state index contributed by atoms with van der Waals surface area (Å²) in [6, 6.07) is 4.04. The number of halogens is 4. The minimum Gasteiger partial charge on any atom is -0.364 e. The van der Waals surface area contributed by atoms with E-state index in [0.717, 1.165) is 24.6 Å². The number of hydrogen-bond donors (Lipinski definition) is 1. The summed E-state index contributed by atoms with van der Waals surface area (Å²) in [5, 5.41) is 3.12. The van der Waals surface area contributed by atoms with Crippen molar-refractivity contribution in [3.63, 3.8) is 0 Å². The molecule has 1 saturated heterocycles. The quantitative estimate of drug-likeness (QED) is 0.576. The first-order valence-electron chi connectivity index (χ1n) is 10.7. The van der Waals surface area contributed by atoms with Crippen LogP contribution in [0.25, 0.3) is 11.3 Å². The molecule has 1 aliphatic carbocycles. The van der Waals surface area contributed by atoms with Crippen LogP contribution in [0.1, 0.15) is 34.6 Å². The predicted molar refractivity (Wildman–Crippen MR) is 114 cm³/mol. The number of hydrogen-bond acceptors (Lipinski definition) is 6. The minimum absolute atomic E-state index is 0.0566. The van der Waals surface area contributed by atoms with Crippen LogP contribution in [0.5, 0.6) is 0 Å². The van der Waals surface area contributed by atoms with Crippen LogP contribution in [0.3, 0.4) is 0 Å². The van der Waals surface area contributed by atoms with Crippen LogP contribution >= 0.6 is 0 Å². The van der Waals surface area contributed by atoms with Gasteiger partial charge >= 0.3 is 6.18 Å². The largest absolute Gasteiger partial charge is 0.434 e. The average Bonchev–Trinajstić information content (AvgIpc) is 3.39. The summed E-state index contributed by atoms with van der Waals surface area (Å²) in [6.07, 6.45) is 1.67. The average molecular weight is 472 g/mol. The molecule has 2 aliphatic rings. The third-order valence-electron chi connectivity index (χ3n) is 6.26. The van der Waals surface area contributed by atoms with Crippen molar-refractivity contribution in [1.82, 2.24) is 24.8 Å². The zero-order chi connectivity index (χ0) is 24.0. The van der Waals surface area contributed by atoms with Crippen LogP contribution in [-0.2, 0) is 6.18 Å². The van der Waals surface area contributed by atoms with Gasteiger partial charge in [-0.2, -0.15) is 13.2 Å². The molecule has 3 aromatic heterocycles. The number of nitrogens with one attached hydrogen (secondary N) is 1. The highest BCUT2D eigenvalue weighted by molar-refractivity contribution is 5.99. The van der Waals surface area contributed by atoms with Crippen molar-refractivity contribution < 1.29 is 22.4 Å². The van der Waals surface area contributed by atoms with Gasteiger partial charge in [-0.05, 0) is 49.4 Å². The molecular formula is C23H20F4N6O. The fourth-order valence-electron chi connectivity index (χ4n) is 4.79. The van der Waals surface area contributed by atoms with Crippen molar-refractivity contribution in [1.29, 1.82) is 0 Å². The van der Waals surface area contributed by atoms with Crippen LogP contribution in [0.4, 0.5) is 23.4 Å². The number of anilines is 1. The molecule has 2 bridgehead atoms. The molecule has 1 N–H and O–H groups in total. The van der Waals surface area contributed by atoms with Crippen LogP contribution < -0.4 is 5.32 Å². The van der Waals surface area contributed by atoms with Gasteiger partial charge in [0, 0.05) is 30.5 Å². The van der Waals surface area contributed by atoms with Crippen LogP contribution in [0.2, 0.25) is 0 Å². The fourth-order valence-corrected chi connectivity index (χ4v) is 4.79. The van der Waals surface area contributed by atoms with Crippen molar-refractivity contribution in [3.05, 3.63) is 65.8 Å². The van der Waals surface area contributed by atoms with Crippen LogP contribution in [0.15, 0.2) is 43.0 Å². The van der Waals surface area contributed by atoms with Gasteiger partial charge in [0.25, 0.3) is 5.91 Å². The highest BCUT2D eigenvalue weighted by atomic mass is 19.4. The molecule has 0 radical (unpaired) electrons. The number of pyridine rings is 2. The van der Waals surface area contributed by atoms with Gasteiger partial charge in [-0.3, -0.25) is 14.8 Å². The molecule has 2 fully saturated rings. The van der Waals surface area contributed by atoms with E-state index >= 15 is 0 Å². The monoisotopic (exact) mass is 472 g/mol. The Morgan fingerprint density at radius 3 is 2.62 bits per heavy atom. The Kier molecular flexibility index (Phi) is 5.41. The highest BCUT2D eigenvalue weighted by Crippen LogP contribution is 2.40. The number of amides is 1. The van der Waals surface area contributed by atoms with Gasteiger partial charge in [0.1, 0.15) is 23.0 Å². The lowest BCUT2D eigenvalue weighted by molar-refractivity contribution is -0.141. The SMILES string of the molecule is Cc1cnc(C(=O)N2C[C@@H]3C[C@@H](Nc4cnc(C(F)(F)F)cn4)[C@@H]2C3)c(-c2ncccc2F)c1. The fraction of sp³-hybridized carbons (Fsp3) is 0.348. The molecule has 0 aromatic carbocycles. The summed E-state index contributed by atoms with van der Waals surface area (Å²) in [6.45, 7) is 2.33. The van der Waals surface area contributed by atoms with Crippen LogP contribution in [0, 0.1) is 18.7 Å². The third-order valence-corrected chi connectivity index (χ3v) is 6.26. The molecule has 3 aromatic rings. The lowest BCUT2D eigenvalue weighted by Crippen LogP contribution is -2.48. The zero-order valence-electron chi connectivity index (χ0n) is 18.1. The zero-order valence-corrected chi connectivity index (χ0v) is 18.1. The predicted octanol–water partition coefficient (Wildman–Crippen LogP) is 4.12. The Bertz CT molecular complexity index is 1230. The number of carbonyl (C=O) groups excluding carboxylic acids is 1. The molecule has 1 aliphatic heterocycles. The van der Waals surface area contributed by atoms with Crippen molar-refractivity contribution in [2.24, 2.45) is 5.92 Å². The number of fused-ring (bicyclic) bond motifs is 2. The first-order chi connectivity index (χ1) is 16.2. The summed E-state index contributed by atoms with van der Waals surface area (Å²) in [4.78, 5) is 30.9. The molecule has 0 unspecified atom stereocenters. The Balaban J connectivity index is 1.39. The molecular weight excluding hydrogens is 452 g/mol. The summed E-state index contributed by atoms with van der Waals surface area (Å²) in [5.74, 6) is -0.443. The molecule has 1 amide bonds. The van der Waals surface area contributed by atoms with E-state index in [2.05, 4.69) is 25.3 Å². The lowest BCUT2D eigenvalue weighted by atomic mass is 10.0. The first kappa shape index (κ1) is 22.2. The second-order valence-corrected chi connectivity index (χ2v) is 8.64. The maximum absolute atomic E-state index is 14.5. The van der Waals surface area contributed by atoms with E-state index in [0.29, 0.717) is 18.3 Å². The van der Waals surface area contributed by atoms with Gasteiger partial charge in [0.15, 0.2) is 5.69 Å². The maximum Gasteiger partial charge on any atom is 0.434 e. The Hall–Kier alpha value is -3.63. The van der Waals surface area contributed by atoms with Gasteiger partial charge in [-0.25, -0.2) is 14.4 Å². The smallest absolute Gasteiger partial charge is 0.364 e. The number of carbonyl (C=O) groups is 1. The molecule has 0 spiro atoms. The molecule has 4 heterocycles. The van der Waals surface area contributed by atoms with E-state index in [1.807, 2.05) is 0 Å². The van der Waals surface area contributed by atoms with E-state index in [-0.39, 0.29) is 41.1 Å². The lowest BCUT2D eigenvalue weighted by Gasteiger charge is -2.34. The van der Waals surface area contributed by atoms with Crippen molar-refractivity contribution >= 4 is 11.7 Å². The summed E-state index contributed by atoms with van der Waals surface area (Å²) >= 11 is 0. The number of piperidine rings is 1. The van der Waals surface area contributed by atoms with E-state index in [9.17, 15) is 22.4 Å². The summed E-state index contributed by atoms with van der Waals surface area (Å²) in [7, 11) is 0. The number of nitrogens with zero attached hydrogens (tertiary/aromatic N) is 5. The normalized spacial score (nSPS) is 21.7. The van der Waals surface area contributed by atoms with E-state index in [4.69, 9.17) is 0 Å². The first-order valence-corrected chi connectivity index (χ1v) is 10.7. The topological polar surface area (TPSA) is 83.9 Å². The van der Waals surface area contributed by atoms with Gasteiger partial charge in [0.2, 0.25) is 0 Å². The molecule has 34 heavy (non-hydrogen) atoms. The van der Waals surface area contributed by atoms with Gasteiger partial charge in [-0.15, -0.1) is 0 Å². The molecule has 3 atom stereocenters. The summed E-state index contributed by atoms with van der Waals surface area (Å²) < 4.78 is 52.7. The molecule has 5 rings (SSSR count). The standard InChI is InChI=1S/C23H20F4N6O/c1-12-5-14(20-15(24)3-2-4-28-20)21(31-8-12)22(34)33-11-13-6-16(17(33)7-13)32-19-10-29-18(9-30-19)23(25,26)27/h2-5,8-10,13,16-17H,6-7,11H2,1H3,(H,30,32)/t13-,16-,17+/m1/s1. The van der Waals surface area contributed by atoms with Crippen LogP contribution in [-0.4, -0.2) is 49.4 Å². The second kappa shape index (κ2) is 8.30. The number of aromatic nitrogens is 4. The van der Waals surface area contributed by atoms with Gasteiger partial charge < -0.3 is 10.2 Å². The van der Waals surface area contributed by atoms with E-state index in [1.165, 1.54) is 18.3 Å². The van der Waals surface area contributed by atoms with Crippen molar-refractivity contribution in [3.8, 4) is 11.3 Å². The van der Waals surface area contributed by atoms with Gasteiger partial charge in [0.05, 0.1) is 18.4 Å². The molecule has 11 heteroatoms. The van der Waals surface area contributed by atoms with E-state index in [1.54, 1.807) is 24.1 Å². The van der Waals surface area contributed by atoms with E-state index < -0.39 is 17.7 Å². The van der Waals surface area contributed by atoms with Gasteiger partial charge in [-0.1, -0.05) is 0 Å². The van der Waals surface area contributed by atoms with Crippen molar-refractivity contribution in [2.45, 2.75) is 38.0 Å². The Morgan fingerprint density at radius 1 is 1.12 bits per heavy atom. The highest BCUT2D eigenvalue weighted by Gasteiger charge is 2.48. The number of alkyl halides is 3. The second-order valence-electron chi connectivity index (χ2n) is 8.64. The Morgan fingerprint density at radius 2 is 1.94 bits per heavy atom. The minimum atomic E-state index is -4.56. The number of likely N-dealkylation sites (tertiary alicyclic amines) is 1. The molecule has 7 nitrogen and oxygen atoms in total. The molecule has 1 saturated carbocycles.